The molecule has 2 aromatic heterocycles. The van der Waals surface area contributed by atoms with E-state index < -0.39 is 11.7 Å². The average molecular weight is 352 g/mol. The standard InChI is InChI=1S/C16H15F3N4S/c1-10-14(13-7-8-23(2)22-13)24-15(21-10)20-9-11-3-5-12(6-4-11)16(17,18)19/h3-8H,9H2,1-2H3,(H,20,21). The smallest absolute Gasteiger partial charge is 0.357 e. The third-order valence-corrected chi connectivity index (χ3v) is 4.61. The molecule has 24 heavy (non-hydrogen) atoms. The van der Waals surface area contributed by atoms with Crippen LogP contribution in [0.15, 0.2) is 36.5 Å². The topological polar surface area (TPSA) is 42.7 Å². The summed E-state index contributed by atoms with van der Waals surface area (Å²) >= 11 is 1.47. The highest BCUT2D eigenvalue weighted by Crippen LogP contribution is 2.32. The van der Waals surface area contributed by atoms with Crippen molar-refractivity contribution >= 4 is 16.5 Å². The van der Waals surface area contributed by atoms with Gasteiger partial charge in [0.25, 0.3) is 0 Å². The Morgan fingerprint density at radius 1 is 1.17 bits per heavy atom. The number of aryl methyl sites for hydroxylation is 2. The van der Waals surface area contributed by atoms with E-state index in [0.29, 0.717) is 11.7 Å². The van der Waals surface area contributed by atoms with Crippen LogP contribution in [-0.2, 0) is 19.8 Å². The maximum Gasteiger partial charge on any atom is 0.416 e. The molecule has 0 spiro atoms. The lowest BCUT2D eigenvalue weighted by atomic mass is 10.1. The number of anilines is 1. The van der Waals surface area contributed by atoms with Crippen LogP contribution in [0, 0.1) is 6.92 Å². The van der Waals surface area contributed by atoms with Gasteiger partial charge in [-0.05, 0) is 30.7 Å². The minimum absolute atomic E-state index is 0.409. The third kappa shape index (κ3) is 3.59. The molecule has 0 bridgehead atoms. The summed E-state index contributed by atoms with van der Waals surface area (Å²) in [4.78, 5) is 5.42. The minimum atomic E-state index is -4.31. The largest absolute Gasteiger partial charge is 0.416 e. The zero-order valence-corrected chi connectivity index (χ0v) is 13.9. The molecule has 8 heteroatoms. The van der Waals surface area contributed by atoms with Crippen molar-refractivity contribution in [2.75, 3.05) is 5.32 Å². The van der Waals surface area contributed by atoms with E-state index in [2.05, 4.69) is 15.4 Å². The normalized spacial score (nSPS) is 11.7. The molecule has 0 aliphatic carbocycles. The number of alkyl halides is 3. The van der Waals surface area contributed by atoms with Crippen LogP contribution in [0.1, 0.15) is 16.8 Å². The van der Waals surface area contributed by atoms with E-state index in [9.17, 15) is 13.2 Å². The Balaban J connectivity index is 1.69. The van der Waals surface area contributed by atoms with Crippen molar-refractivity contribution in [3.63, 3.8) is 0 Å². The van der Waals surface area contributed by atoms with Crippen molar-refractivity contribution in [1.29, 1.82) is 0 Å². The van der Waals surface area contributed by atoms with Crippen molar-refractivity contribution in [1.82, 2.24) is 14.8 Å². The fraction of sp³-hybridized carbons (Fsp3) is 0.250. The zero-order valence-electron chi connectivity index (χ0n) is 13.1. The van der Waals surface area contributed by atoms with Crippen molar-refractivity contribution in [3.05, 3.63) is 53.3 Å². The van der Waals surface area contributed by atoms with Crippen molar-refractivity contribution < 1.29 is 13.2 Å². The Morgan fingerprint density at radius 2 is 1.88 bits per heavy atom. The predicted molar refractivity (Wildman–Crippen MR) is 87.8 cm³/mol. The monoisotopic (exact) mass is 352 g/mol. The highest BCUT2D eigenvalue weighted by atomic mass is 32.1. The van der Waals surface area contributed by atoms with Gasteiger partial charge in [-0.25, -0.2) is 4.98 Å². The molecule has 4 nitrogen and oxygen atoms in total. The fourth-order valence-electron chi connectivity index (χ4n) is 2.24. The van der Waals surface area contributed by atoms with E-state index in [1.165, 1.54) is 23.5 Å². The summed E-state index contributed by atoms with van der Waals surface area (Å²) in [6, 6.07) is 7.03. The molecule has 0 amide bonds. The molecule has 3 rings (SSSR count). The van der Waals surface area contributed by atoms with Crippen LogP contribution in [0.2, 0.25) is 0 Å². The summed E-state index contributed by atoms with van der Waals surface area (Å²) in [5.74, 6) is 0. The lowest BCUT2D eigenvalue weighted by molar-refractivity contribution is -0.137. The molecule has 3 aromatic rings. The quantitative estimate of drug-likeness (QED) is 0.753. The molecule has 0 atom stereocenters. The van der Waals surface area contributed by atoms with E-state index in [4.69, 9.17) is 0 Å². The molecule has 0 aliphatic rings. The summed E-state index contributed by atoms with van der Waals surface area (Å²) in [7, 11) is 1.85. The fourth-order valence-corrected chi connectivity index (χ4v) is 3.16. The molecule has 1 aromatic carbocycles. The van der Waals surface area contributed by atoms with E-state index >= 15 is 0 Å². The Labute approximate surface area is 141 Å². The SMILES string of the molecule is Cc1nc(NCc2ccc(C(F)(F)F)cc2)sc1-c1ccn(C)n1. The molecular formula is C16H15F3N4S. The Morgan fingerprint density at radius 3 is 2.46 bits per heavy atom. The number of thiazole rings is 1. The van der Waals surface area contributed by atoms with Crippen LogP contribution in [0.4, 0.5) is 18.3 Å². The number of aromatic nitrogens is 3. The van der Waals surface area contributed by atoms with Gasteiger partial charge in [-0.15, -0.1) is 0 Å². The zero-order chi connectivity index (χ0) is 17.3. The Hall–Kier alpha value is -2.35. The Bertz CT molecular complexity index is 834. The van der Waals surface area contributed by atoms with Crippen LogP contribution in [-0.4, -0.2) is 14.8 Å². The van der Waals surface area contributed by atoms with E-state index in [1.54, 1.807) is 4.68 Å². The molecule has 0 saturated carbocycles. The minimum Gasteiger partial charge on any atom is -0.357 e. The maximum atomic E-state index is 12.5. The molecular weight excluding hydrogens is 337 g/mol. The second-order valence-electron chi connectivity index (χ2n) is 5.36. The van der Waals surface area contributed by atoms with Gasteiger partial charge in [0.15, 0.2) is 5.13 Å². The van der Waals surface area contributed by atoms with Gasteiger partial charge in [0.2, 0.25) is 0 Å². The number of nitrogens with one attached hydrogen (secondary N) is 1. The first-order chi connectivity index (χ1) is 11.3. The van der Waals surface area contributed by atoms with Crippen molar-refractivity contribution in [2.24, 2.45) is 7.05 Å². The first kappa shape index (κ1) is 16.5. The second-order valence-corrected chi connectivity index (χ2v) is 6.36. The molecule has 0 saturated heterocycles. The highest BCUT2D eigenvalue weighted by Gasteiger charge is 2.29. The van der Waals surface area contributed by atoms with Crippen LogP contribution in [0.3, 0.4) is 0 Å². The van der Waals surface area contributed by atoms with Crippen molar-refractivity contribution in [2.45, 2.75) is 19.6 Å². The molecule has 0 radical (unpaired) electrons. The first-order valence-corrected chi connectivity index (χ1v) is 8.02. The number of halogens is 3. The second kappa shape index (κ2) is 6.27. The third-order valence-electron chi connectivity index (χ3n) is 3.47. The molecule has 2 heterocycles. The van der Waals surface area contributed by atoms with Crippen LogP contribution < -0.4 is 5.32 Å². The van der Waals surface area contributed by atoms with Gasteiger partial charge in [-0.1, -0.05) is 23.5 Å². The summed E-state index contributed by atoms with van der Waals surface area (Å²) in [6.07, 6.45) is -2.44. The number of hydrogen-bond donors (Lipinski definition) is 1. The van der Waals surface area contributed by atoms with Gasteiger partial charge in [0, 0.05) is 19.8 Å². The lowest BCUT2D eigenvalue weighted by Gasteiger charge is -2.08. The van der Waals surface area contributed by atoms with Gasteiger partial charge in [0.1, 0.15) is 5.69 Å². The van der Waals surface area contributed by atoms with Gasteiger partial charge in [-0.3, -0.25) is 4.68 Å². The summed E-state index contributed by atoms with van der Waals surface area (Å²) in [6.45, 7) is 2.32. The van der Waals surface area contributed by atoms with Gasteiger partial charge < -0.3 is 5.32 Å². The molecule has 126 valence electrons. The van der Waals surface area contributed by atoms with Crippen LogP contribution in [0.25, 0.3) is 10.6 Å². The number of rotatable bonds is 4. The molecule has 0 unspecified atom stereocenters. The molecule has 0 aliphatic heterocycles. The first-order valence-electron chi connectivity index (χ1n) is 7.20. The predicted octanol–water partition coefficient (Wildman–Crippen LogP) is 4.48. The van der Waals surface area contributed by atoms with E-state index in [1.807, 2.05) is 26.2 Å². The summed E-state index contributed by atoms with van der Waals surface area (Å²) in [5.41, 5.74) is 1.84. The van der Waals surface area contributed by atoms with E-state index in [-0.39, 0.29) is 0 Å². The maximum absolute atomic E-state index is 12.5. The molecule has 1 N–H and O–H groups in total. The number of hydrogen-bond acceptors (Lipinski definition) is 4. The summed E-state index contributed by atoms with van der Waals surface area (Å²) < 4.78 is 39.4. The average Bonchev–Trinajstić information content (AvgIpc) is 3.10. The number of benzene rings is 1. The van der Waals surface area contributed by atoms with Crippen LogP contribution in [0.5, 0.6) is 0 Å². The van der Waals surface area contributed by atoms with Crippen LogP contribution >= 0.6 is 11.3 Å². The van der Waals surface area contributed by atoms with Gasteiger partial charge >= 0.3 is 6.18 Å². The number of nitrogens with zero attached hydrogens (tertiary/aromatic N) is 3. The van der Waals surface area contributed by atoms with Crippen molar-refractivity contribution in [3.8, 4) is 10.6 Å². The lowest BCUT2D eigenvalue weighted by Crippen LogP contribution is -2.05. The Kier molecular flexibility index (Phi) is 4.31. The highest BCUT2D eigenvalue weighted by molar-refractivity contribution is 7.19. The van der Waals surface area contributed by atoms with Gasteiger partial charge in [0.05, 0.1) is 16.1 Å². The van der Waals surface area contributed by atoms with E-state index in [0.717, 1.165) is 34.0 Å². The summed E-state index contributed by atoms with van der Waals surface area (Å²) in [5, 5.41) is 8.22. The molecule has 0 fully saturated rings. The van der Waals surface area contributed by atoms with Gasteiger partial charge in [-0.2, -0.15) is 18.3 Å².